The van der Waals surface area contributed by atoms with Crippen molar-refractivity contribution in [3.8, 4) is 0 Å². The molecule has 2 aliphatic rings. The lowest BCUT2D eigenvalue weighted by Gasteiger charge is -2.31. The van der Waals surface area contributed by atoms with Crippen molar-refractivity contribution < 1.29 is 22.7 Å². The van der Waals surface area contributed by atoms with Gasteiger partial charge in [-0.2, -0.15) is 0 Å². The lowest BCUT2D eigenvalue weighted by atomic mass is 9.95. The van der Waals surface area contributed by atoms with Crippen molar-refractivity contribution in [2.45, 2.75) is 51.2 Å². The van der Waals surface area contributed by atoms with Crippen LogP contribution in [0.15, 0.2) is 18.2 Å². The Morgan fingerprint density at radius 2 is 1.89 bits per heavy atom. The molecule has 1 aromatic heterocycles. The summed E-state index contributed by atoms with van der Waals surface area (Å²) >= 11 is 13.8. The number of thiophene rings is 1. The molecule has 0 unspecified atom stereocenters. The first-order valence-electron chi connectivity index (χ1n) is 11.7. The molecule has 1 aliphatic heterocycles. The van der Waals surface area contributed by atoms with E-state index in [0.29, 0.717) is 45.6 Å². The average Bonchev–Trinajstić information content (AvgIpc) is 3.19. The molecule has 0 saturated carbocycles. The largest absolute Gasteiger partial charge is 0.462 e. The van der Waals surface area contributed by atoms with Crippen LogP contribution in [0.3, 0.4) is 0 Å². The highest BCUT2D eigenvalue weighted by molar-refractivity contribution is 7.88. The molecule has 0 radical (unpaired) electrons. The Morgan fingerprint density at radius 3 is 2.60 bits per heavy atom. The van der Waals surface area contributed by atoms with Gasteiger partial charge in [0.1, 0.15) is 5.00 Å². The van der Waals surface area contributed by atoms with Crippen molar-refractivity contribution in [2.75, 3.05) is 25.0 Å². The van der Waals surface area contributed by atoms with Gasteiger partial charge < -0.3 is 10.1 Å². The van der Waals surface area contributed by atoms with E-state index in [1.807, 2.05) is 0 Å². The Labute approximate surface area is 219 Å². The maximum absolute atomic E-state index is 13.2. The van der Waals surface area contributed by atoms with Gasteiger partial charge in [-0.05, 0) is 63.1 Å². The quantitative estimate of drug-likeness (QED) is 0.466. The summed E-state index contributed by atoms with van der Waals surface area (Å²) in [4.78, 5) is 27.0. The van der Waals surface area contributed by atoms with Crippen LogP contribution in [-0.2, 0) is 38.1 Å². The fourth-order valence-electron chi connectivity index (χ4n) is 4.64. The number of ether oxygens (including phenoxy) is 1. The Kier molecular flexibility index (Phi) is 8.43. The number of esters is 1. The van der Waals surface area contributed by atoms with E-state index in [4.69, 9.17) is 27.9 Å². The highest BCUT2D eigenvalue weighted by Gasteiger charge is 2.35. The number of benzene rings is 1. The maximum Gasteiger partial charge on any atom is 0.341 e. The Hall–Kier alpha value is -1.65. The summed E-state index contributed by atoms with van der Waals surface area (Å²) in [7, 11) is -3.74. The number of aryl methyl sites for hydroxylation is 1. The monoisotopic (exact) mass is 558 g/mol. The number of hydrogen-bond acceptors (Lipinski definition) is 6. The van der Waals surface area contributed by atoms with Crippen LogP contribution in [0.4, 0.5) is 5.00 Å². The van der Waals surface area contributed by atoms with Crippen molar-refractivity contribution >= 4 is 61.4 Å². The van der Waals surface area contributed by atoms with Crippen LogP contribution in [0.25, 0.3) is 0 Å². The Morgan fingerprint density at radius 1 is 1.17 bits per heavy atom. The molecule has 1 atom stereocenters. The van der Waals surface area contributed by atoms with Crippen LogP contribution < -0.4 is 5.32 Å². The second-order valence-corrected chi connectivity index (χ2v) is 12.7. The fraction of sp³-hybridized carbons (Fsp3) is 0.500. The van der Waals surface area contributed by atoms with Crippen molar-refractivity contribution in [1.29, 1.82) is 0 Å². The molecule has 1 aromatic carbocycles. The van der Waals surface area contributed by atoms with Crippen molar-refractivity contribution in [1.82, 2.24) is 4.31 Å². The van der Waals surface area contributed by atoms with E-state index in [0.717, 1.165) is 36.1 Å². The predicted octanol–water partition coefficient (Wildman–Crippen LogP) is 5.29. The van der Waals surface area contributed by atoms with Crippen LogP contribution in [0.2, 0.25) is 10.0 Å². The molecule has 1 saturated heterocycles. The molecule has 1 N–H and O–H groups in total. The van der Waals surface area contributed by atoms with E-state index in [2.05, 4.69) is 5.32 Å². The minimum atomic E-state index is -3.74. The molecule has 35 heavy (non-hydrogen) atoms. The van der Waals surface area contributed by atoms with E-state index >= 15 is 0 Å². The molecule has 2 aromatic rings. The summed E-state index contributed by atoms with van der Waals surface area (Å²) in [6.45, 7) is 2.40. The zero-order valence-electron chi connectivity index (χ0n) is 19.4. The van der Waals surface area contributed by atoms with Gasteiger partial charge in [-0.15, -0.1) is 11.3 Å². The van der Waals surface area contributed by atoms with E-state index in [1.165, 1.54) is 15.6 Å². The SMILES string of the molecule is CCOC(=O)c1c(NC(=O)[C@@H]2CCCN(S(=O)(=O)Cc3c(Cl)cccc3Cl)C2)sc2c1CCCC2. The highest BCUT2D eigenvalue weighted by Crippen LogP contribution is 2.39. The summed E-state index contributed by atoms with van der Waals surface area (Å²) in [5.41, 5.74) is 1.78. The summed E-state index contributed by atoms with van der Waals surface area (Å²) in [5.74, 6) is -1.57. The standard InChI is InChI=1S/C24H28Cl2N2O5S2/c1-2-33-24(30)21-16-8-3-4-11-20(16)34-23(21)27-22(29)15-7-6-12-28(13-15)35(31,32)14-17-18(25)9-5-10-19(17)26/h5,9-10,15H,2-4,6-8,11-14H2,1H3,(H,27,29)/t15-/m1/s1. The number of carbonyl (C=O) groups is 2. The Balaban J connectivity index is 1.50. The number of sulfonamides is 1. The first-order chi connectivity index (χ1) is 16.7. The third-order valence-corrected chi connectivity index (χ3v) is 10.1. The molecule has 2 heterocycles. The van der Waals surface area contributed by atoms with Crippen LogP contribution in [0.5, 0.6) is 0 Å². The molecule has 0 spiro atoms. The Bertz CT molecular complexity index is 1210. The lowest BCUT2D eigenvalue weighted by molar-refractivity contribution is -0.120. The topological polar surface area (TPSA) is 92.8 Å². The molecule has 4 rings (SSSR count). The number of rotatable bonds is 7. The molecule has 0 bridgehead atoms. The van der Waals surface area contributed by atoms with Gasteiger partial charge in [0.15, 0.2) is 0 Å². The number of amides is 1. The molecular formula is C24H28Cl2N2O5S2. The molecule has 11 heteroatoms. The number of halogens is 2. The van der Waals surface area contributed by atoms with Gasteiger partial charge in [-0.25, -0.2) is 17.5 Å². The van der Waals surface area contributed by atoms with E-state index < -0.39 is 21.9 Å². The van der Waals surface area contributed by atoms with Crippen LogP contribution in [0.1, 0.15) is 59.0 Å². The summed E-state index contributed by atoms with van der Waals surface area (Å²) in [6.07, 6.45) is 4.82. The lowest BCUT2D eigenvalue weighted by Crippen LogP contribution is -2.44. The van der Waals surface area contributed by atoms with E-state index in [9.17, 15) is 18.0 Å². The number of nitrogens with zero attached hydrogens (tertiary/aromatic N) is 1. The third-order valence-electron chi connectivity index (χ3n) is 6.42. The van der Waals surface area contributed by atoms with Crippen molar-refractivity contribution in [3.63, 3.8) is 0 Å². The van der Waals surface area contributed by atoms with E-state index in [-0.39, 0.29) is 24.8 Å². The van der Waals surface area contributed by atoms with Crippen LogP contribution in [-0.4, -0.2) is 44.3 Å². The normalized spacial score (nSPS) is 18.7. The maximum atomic E-state index is 13.2. The van der Waals surface area contributed by atoms with Gasteiger partial charge in [-0.1, -0.05) is 29.3 Å². The number of anilines is 1. The van der Waals surface area contributed by atoms with Gasteiger partial charge in [-0.3, -0.25) is 4.79 Å². The van der Waals surface area contributed by atoms with Crippen LogP contribution >= 0.6 is 34.5 Å². The van der Waals surface area contributed by atoms with E-state index in [1.54, 1.807) is 25.1 Å². The fourth-order valence-corrected chi connectivity index (χ4v) is 8.28. The highest BCUT2D eigenvalue weighted by atomic mass is 35.5. The van der Waals surface area contributed by atoms with Gasteiger partial charge in [0, 0.05) is 33.6 Å². The van der Waals surface area contributed by atoms with Gasteiger partial charge >= 0.3 is 5.97 Å². The van der Waals surface area contributed by atoms with Gasteiger partial charge in [0.05, 0.1) is 23.8 Å². The molecule has 7 nitrogen and oxygen atoms in total. The van der Waals surface area contributed by atoms with Gasteiger partial charge in [0.2, 0.25) is 15.9 Å². The number of hydrogen-bond donors (Lipinski definition) is 1. The number of carbonyl (C=O) groups excluding carboxylic acids is 2. The molecule has 1 aliphatic carbocycles. The molecule has 1 fully saturated rings. The van der Waals surface area contributed by atoms with Gasteiger partial charge in [0.25, 0.3) is 0 Å². The van der Waals surface area contributed by atoms with Crippen molar-refractivity contribution in [2.24, 2.45) is 5.92 Å². The van der Waals surface area contributed by atoms with Crippen LogP contribution in [0, 0.1) is 5.92 Å². The summed E-state index contributed by atoms with van der Waals surface area (Å²) in [6, 6.07) is 4.87. The molecular weight excluding hydrogens is 531 g/mol. The second-order valence-electron chi connectivity index (χ2n) is 8.78. The first kappa shape index (κ1) is 26.4. The number of nitrogens with one attached hydrogen (secondary N) is 1. The number of piperidine rings is 1. The minimum Gasteiger partial charge on any atom is -0.462 e. The zero-order valence-corrected chi connectivity index (χ0v) is 22.6. The number of fused-ring (bicyclic) bond motifs is 1. The smallest absolute Gasteiger partial charge is 0.341 e. The zero-order chi connectivity index (χ0) is 25.2. The summed E-state index contributed by atoms with van der Waals surface area (Å²) < 4.78 is 32.9. The minimum absolute atomic E-state index is 0.0655. The average molecular weight is 560 g/mol. The van der Waals surface area contributed by atoms with Crippen molar-refractivity contribution in [3.05, 3.63) is 49.8 Å². The molecule has 1 amide bonds. The third kappa shape index (κ3) is 5.85. The summed E-state index contributed by atoms with van der Waals surface area (Å²) in [5, 5.41) is 4.02. The second kappa shape index (κ2) is 11.2. The molecule has 190 valence electrons. The predicted molar refractivity (Wildman–Crippen MR) is 139 cm³/mol. The first-order valence-corrected chi connectivity index (χ1v) is 14.9.